The molecule has 1 aromatic heterocycles. The van der Waals surface area contributed by atoms with E-state index in [4.69, 9.17) is 0 Å². The minimum absolute atomic E-state index is 0.0295. The van der Waals surface area contributed by atoms with Gasteiger partial charge in [0.25, 0.3) is 5.91 Å². The molecule has 0 spiro atoms. The molecule has 0 saturated carbocycles. The van der Waals surface area contributed by atoms with Gasteiger partial charge < -0.3 is 9.88 Å². The van der Waals surface area contributed by atoms with Crippen molar-refractivity contribution in [3.63, 3.8) is 0 Å². The largest absolute Gasteiger partial charge is 0.345 e. The van der Waals surface area contributed by atoms with E-state index in [1.54, 1.807) is 29.4 Å². The number of hydrogen-bond donors (Lipinski definition) is 1. The topological polar surface area (TPSA) is 52.2 Å². The first-order chi connectivity index (χ1) is 12.6. The van der Waals surface area contributed by atoms with Gasteiger partial charge in [-0.15, -0.1) is 0 Å². The zero-order valence-corrected chi connectivity index (χ0v) is 14.1. The Morgan fingerprint density at radius 3 is 2.73 bits per heavy atom. The van der Waals surface area contributed by atoms with Crippen molar-refractivity contribution in [1.29, 1.82) is 0 Å². The highest BCUT2D eigenvalue weighted by Gasteiger charge is 2.23. The van der Waals surface area contributed by atoms with E-state index in [-0.39, 0.29) is 5.91 Å². The molecule has 0 aliphatic carbocycles. The quantitative estimate of drug-likeness (QED) is 0.785. The molecule has 3 aromatic rings. The standard InChI is InChI=1S/C19H18F2N4O/c20-15-3-1-2-14(18(15)21)11-24-6-8-25(9-7-24)19(26)13-4-5-16-17(10-13)23-12-22-16/h1-5,10,12H,6-9,11H2,(H,22,23). The number of H-pyrrole nitrogens is 1. The number of amides is 1. The number of piperazine rings is 1. The number of aromatic amines is 1. The van der Waals surface area contributed by atoms with E-state index in [0.717, 1.165) is 17.1 Å². The summed E-state index contributed by atoms with van der Waals surface area (Å²) in [5.74, 6) is -1.65. The van der Waals surface area contributed by atoms with Crippen LogP contribution in [0.25, 0.3) is 11.0 Å². The zero-order chi connectivity index (χ0) is 18.1. The third-order valence-electron chi connectivity index (χ3n) is 4.75. The number of fused-ring (bicyclic) bond motifs is 1. The van der Waals surface area contributed by atoms with Gasteiger partial charge in [-0.25, -0.2) is 13.8 Å². The van der Waals surface area contributed by atoms with E-state index < -0.39 is 11.6 Å². The third-order valence-corrected chi connectivity index (χ3v) is 4.75. The lowest BCUT2D eigenvalue weighted by molar-refractivity contribution is 0.0627. The van der Waals surface area contributed by atoms with Gasteiger partial charge in [0.05, 0.1) is 17.4 Å². The molecule has 134 valence electrons. The summed E-state index contributed by atoms with van der Waals surface area (Å²) in [6.45, 7) is 2.68. The van der Waals surface area contributed by atoms with Crippen molar-refractivity contribution in [2.24, 2.45) is 0 Å². The van der Waals surface area contributed by atoms with E-state index in [0.29, 0.717) is 43.9 Å². The molecule has 0 unspecified atom stereocenters. The molecule has 2 heterocycles. The zero-order valence-electron chi connectivity index (χ0n) is 14.1. The first kappa shape index (κ1) is 16.7. The Balaban J connectivity index is 1.39. The number of hydrogen-bond acceptors (Lipinski definition) is 3. The Kier molecular flexibility index (Phi) is 4.38. The van der Waals surface area contributed by atoms with Crippen LogP contribution in [-0.2, 0) is 6.54 Å². The number of rotatable bonds is 3. The summed E-state index contributed by atoms with van der Waals surface area (Å²) in [5.41, 5.74) is 2.61. The van der Waals surface area contributed by atoms with Gasteiger partial charge in [0.1, 0.15) is 0 Å². The Bertz CT molecular complexity index is 948. The average Bonchev–Trinajstić information content (AvgIpc) is 3.13. The van der Waals surface area contributed by atoms with Crippen LogP contribution in [0.1, 0.15) is 15.9 Å². The van der Waals surface area contributed by atoms with Crippen molar-refractivity contribution in [3.05, 3.63) is 65.5 Å². The lowest BCUT2D eigenvalue weighted by atomic mass is 10.1. The highest BCUT2D eigenvalue weighted by Crippen LogP contribution is 2.17. The summed E-state index contributed by atoms with van der Waals surface area (Å²) in [4.78, 5) is 23.7. The fourth-order valence-electron chi connectivity index (χ4n) is 3.27. The minimum Gasteiger partial charge on any atom is -0.345 e. The molecule has 7 heteroatoms. The fourth-order valence-corrected chi connectivity index (χ4v) is 3.27. The molecule has 0 atom stereocenters. The average molecular weight is 356 g/mol. The SMILES string of the molecule is O=C(c1ccc2nc[nH]c2c1)N1CCN(Cc2cccc(F)c2F)CC1. The second kappa shape index (κ2) is 6.84. The van der Waals surface area contributed by atoms with Crippen LogP contribution >= 0.6 is 0 Å². The molecule has 0 radical (unpaired) electrons. The third kappa shape index (κ3) is 3.17. The number of nitrogens with zero attached hydrogens (tertiary/aromatic N) is 3. The van der Waals surface area contributed by atoms with Gasteiger partial charge >= 0.3 is 0 Å². The number of carbonyl (C=O) groups excluding carboxylic acids is 1. The molecule has 0 bridgehead atoms. The minimum atomic E-state index is -0.828. The molecule has 1 saturated heterocycles. The van der Waals surface area contributed by atoms with E-state index >= 15 is 0 Å². The number of nitrogens with one attached hydrogen (secondary N) is 1. The summed E-state index contributed by atoms with van der Waals surface area (Å²) in [5, 5.41) is 0. The van der Waals surface area contributed by atoms with Crippen LogP contribution < -0.4 is 0 Å². The van der Waals surface area contributed by atoms with Crippen LogP contribution in [0.4, 0.5) is 8.78 Å². The Morgan fingerprint density at radius 1 is 1.12 bits per heavy atom. The molecule has 26 heavy (non-hydrogen) atoms. The molecule has 1 aliphatic rings. The Morgan fingerprint density at radius 2 is 1.92 bits per heavy atom. The van der Waals surface area contributed by atoms with Gasteiger partial charge in [0.2, 0.25) is 0 Å². The maximum absolute atomic E-state index is 13.8. The monoisotopic (exact) mass is 356 g/mol. The smallest absolute Gasteiger partial charge is 0.254 e. The molecule has 1 fully saturated rings. The first-order valence-corrected chi connectivity index (χ1v) is 8.49. The van der Waals surface area contributed by atoms with Crippen molar-refractivity contribution in [2.45, 2.75) is 6.54 Å². The number of imidazole rings is 1. The van der Waals surface area contributed by atoms with E-state index in [1.165, 1.54) is 6.07 Å². The van der Waals surface area contributed by atoms with Crippen molar-refractivity contribution < 1.29 is 13.6 Å². The van der Waals surface area contributed by atoms with Crippen LogP contribution in [0, 0.1) is 11.6 Å². The van der Waals surface area contributed by atoms with Crippen molar-refractivity contribution in [2.75, 3.05) is 26.2 Å². The molecule has 4 rings (SSSR count). The summed E-state index contributed by atoms with van der Waals surface area (Å²) in [7, 11) is 0. The van der Waals surface area contributed by atoms with Gasteiger partial charge in [-0.1, -0.05) is 12.1 Å². The Labute approximate surface area is 149 Å². The van der Waals surface area contributed by atoms with E-state index in [2.05, 4.69) is 9.97 Å². The van der Waals surface area contributed by atoms with Crippen molar-refractivity contribution >= 4 is 16.9 Å². The number of halogens is 2. The molecule has 1 aliphatic heterocycles. The van der Waals surface area contributed by atoms with Crippen molar-refractivity contribution in [1.82, 2.24) is 19.8 Å². The predicted octanol–water partition coefficient (Wildman–Crippen LogP) is 2.80. The molecule has 1 amide bonds. The second-order valence-electron chi connectivity index (χ2n) is 6.42. The summed E-state index contributed by atoms with van der Waals surface area (Å²) < 4.78 is 27.1. The van der Waals surface area contributed by atoms with Gasteiger partial charge in [0, 0.05) is 43.9 Å². The maximum atomic E-state index is 13.8. The molecule has 2 aromatic carbocycles. The number of carbonyl (C=O) groups is 1. The van der Waals surface area contributed by atoms with E-state index in [1.807, 2.05) is 11.0 Å². The fraction of sp³-hybridized carbons (Fsp3) is 0.263. The number of benzene rings is 2. The summed E-state index contributed by atoms with van der Waals surface area (Å²) in [6.07, 6.45) is 1.60. The Hall–Kier alpha value is -2.80. The maximum Gasteiger partial charge on any atom is 0.254 e. The van der Waals surface area contributed by atoms with E-state index in [9.17, 15) is 13.6 Å². The van der Waals surface area contributed by atoms with Crippen LogP contribution in [0.15, 0.2) is 42.7 Å². The highest BCUT2D eigenvalue weighted by atomic mass is 19.2. The highest BCUT2D eigenvalue weighted by molar-refractivity contribution is 5.97. The van der Waals surface area contributed by atoms with Crippen LogP contribution in [-0.4, -0.2) is 51.9 Å². The van der Waals surface area contributed by atoms with Crippen LogP contribution in [0.2, 0.25) is 0 Å². The molecular weight excluding hydrogens is 338 g/mol. The van der Waals surface area contributed by atoms with Crippen LogP contribution in [0.3, 0.4) is 0 Å². The first-order valence-electron chi connectivity index (χ1n) is 8.49. The second-order valence-corrected chi connectivity index (χ2v) is 6.42. The lowest BCUT2D eigenvalue weighted by Crippen LogP contribution is -2.48. The molecule has 5 nitrogen and oxygen atoms in total. The summed E-state index contributed by atoms with van der Waals surface area (Å²) in [6, 6.07) is 9.63. The predicted molar refractivity (Wildman–Crippen MR) is 93.6 cm³/mol. The normalized spacial score (nSPS) is 15.5. The van der Waals surface area contributed by atoms with Gasteiger partial charge in [0.15, 0.2) is 11.6 Å². The van der Waals surface area contributed by atoms with Gasteiger partial charge in [-0.05, 0) is 24.3 Å². The lowest BCUT2D eigenvalue weighted by Gasteiger charge is -2.34. The van der Waals surface area contributed by atoms with Crippen LogP contribution in [0.5, 0.6) is 0 Å². The van der Waals surface area contributed by atoms with Crippen molar-refractivity contribution in [3.8, 4) is 0 Å². The van der Waals surface area contributed by atoms with Gasteiger partial charge in [-0.2, -0.15) is 0 Å². The molecular formula is C19H18F2N4O. The summed E-state index contributed by atoms with van der Waals surface area (Å²) >= 11 is 0. The number of aromatic nitrogens is 2. The molecule has 1 N–H and O–H groups in total. The van der Waals surface area contributed by atoms with Gasteiger partial charge in [-0.3, -0.25) is 9.69 Å².